The van der Waals surface area contributed by atoms with Crippen LogP contribution in [0.4, 0.5) is 0 Å². The van der Waals surface area contributed by atoms with Crippen molar-refractivity contribution in [3.05, 3.63) is 0 Å². The van der Waals surface area contributed by atoms with Gasteiger partial charge in [-0.25, -0.2) is 0 Å². The van der Waals surface area contributed by atoms with Gasteiger partial charge in [-0.3, -0.25) is 14.5 Å². The van der Waals surface area contributed by atoms with E-state index in [2.05, 4.69) is 0 Å². The van der Waals surface area contributed by atoms with E-state index in [1.807, 2.05) is 35.5 Å². The molecular weight excluding hydrogens is 165 g/mol. The topological polar surface area (TPSA) is 37.4 Å². The molecule has 1 rings (SSSR count). The van der Waals surface area contributed by atoms with Crippen molar-refractivity contribution in [3.8, 4) is 0 Å². The minimum atomic E-state index is -0.382. The molecule has 72 valence electrons. The van der Waals surface area contributed by atoms with Crippen LogP contribution in [0.5, 0.6) is 0 Å². The maximum absolute atomic E-state index is 11.7. The van der Waals surface area contributed by atoms with E-state index in [0.717, 1.165) is 0 Å². The molecule has 4 heteroatoms. The lowest BCUT2D eigenvalue weighted by molar-refractivity contribution is -0.144. The second-order valence-corrected chi connectivity index (χ2v) is 4.76. The molecule has 1 fully saturated rings. The lowest BCUT2D eigenvalue weighted by atomic mass is 9.79. The Hall–Kier alpha value is -0.795. The molecule has 2 atom stereocenters. The van der Waals surface area contributed by atoms with Crippen LogP contribution in [0.3, 0.4) is 0 Å². The lowest BCUT2D eigenvalue weighted by Gasteiger charge is -2.30. The number of carbonyl (C=O) groups excluding carboxylic acids is 2. The molecule has 2 amide bonds. The van der Waals surface area contributed by atoms with Crippen molar-refractivity contribution >= 4 is 19.7 Å². The summed E-state index contributed by atoms with van der Waals surface area (Å²) in [4.78, 5) is 24.7. The normalized spacial score (nSPS) is 30.0. The van der Waals surface area contributed by atoms with Crippen molar-refractivity contribution in [1.82, 2.24) is 4.90 Å². The number of carbonyl (C=O) groups is 2. The molecular formula is C9H16BNO2. The highest BCUT2D eigenvalue weighted by Gasteiger charge is 2.46. The van der Waals surface area contributed by atoms with Gasteiger partial charge in [-0.1, -0.05) is 6.92 Å². The minimum absolute atomic E-state index is 0.0370. The van der Waals surface area contributed by atoms with Crippen LogP contribution in [0.15, 0.2) is 0 Å². The molecule has 0 radical (unpaired) electrons. The Morgan fingerprint density at radius 1 is 1.23 bits per heavy atom. The van der Waals surface area contributed by atoms with Crippen LogP contribution < -0.4 is 0 Å². The third-order valence-electron chi connectivity index (χ3n) is 2.64. The Bertz CT molecular complexity index is 237. The number of likely N-dealkylation sites (tertiary alicyclic amines) is 1. The fourth-order valence-electron chi connectivity index (χ4n) is 1.60. The van der Waals surface area contributed by atoms with E-state index < -0.39 is 0 Å². The van der Waals surface area contributed by atoms with E-state index >= 15 is 0 Å². The smallest absolute Gasteiger partial charge is 0.232 e. The molecule has 1 saturated heterocycles. The SMILES string of the molecule is BC1C(=O)N(C(C)(C)C)C(=O)C1C. The Morgan fingerprint density at radius 2 is 1.69 bits per heavy atom. The third-order valence-corrected chi connectivity index (χ3v) is 2.64. The van der Waals surface area contributed by atoms with E-state index in [1.54, 1.807) is 0 Å². The largest absolute Gasteiger partial charge is 0.277 e. The summed E-state index contributed by atoms with van der Waals surface area (Å²) in [6, 6.07) is 0. The average Bonchev–Trinajstić information content (AvgIpc) is 2.14. The van der Waals surface area contributed by atoms with Gasteiger partial charge in [0.05, 0.1) is 0 Å². The maximum Gasteiger partial charge on any atom is 0.232 e. The van der Waals surface area contributed by atoms with Crippen molar-refractivity contribution in [1.29, 1.82) is 0 Å². The third kappa shape index (κ3) is 1.49. The summed E-state index contributed by atoms with van der Waals surface area (Å²) in [6.07, 6.45) is 0. The van der Waals surface area contributed by atoms with Gasteiger partial charge in [0, 0.05) is 17.3 Å². The molecule has 0 aliphatic carbocycles. The van der Waals surface area contributed by atoms with Crippen molar-refractivity contribution in [2.24, 2.45) is 5.92 Å². The standard InChI is InChI=1S/C9H16BNO2/c1-5-6(10)8(13)11(7(5)12)9(2,3)4/h5-6H,10H2,1-4H3. The van der Waals surface area contributed by atoms with Crippen molar-refractivity contribution < 1.29 is 9.59 Å². The molecule has 0 aromatic rings. The van der Waals surface area contributed by atoms with Gasteiger partial charge in [0.25, 0.3) is 0 Å². The number of rotatable bonds is 0. The van der Waals surface area contributed by atoms with Crippen LogP contribution in [-0.4, -0.2) is 30.1 Å². The molecule has 1 aliphatic heterocycles. The van der Waals surface area contributed by atoms with Gasteiger partial charge in [-0.05, 0) is 20.8 Å². The maximum atomic E-state index is 11.7. The van der Waals surface area contributed by atoms with Crippen LogP contribution in [0.2, 0.25) is 5.82 Å². The Morgan fingerprint density at radius 3 is 1.85 bits per heavy atom. The molecule has 1 heterocycles. The Labute approximate surface area is 79.9 Å². The first-order chi connectivity index (χ1) is 5.76. The predicted molar refractivity (Wildman–Crippen MR) is 53.1 cm³/mol. The lowest BCUT2D eigenvalue weighted by Crippen LogP contribution is -2.45. The summed E-state index contributed by atoms with van der Waals surface area (Å²) < 4.78 is 0. The number of nitrogens with zero attached hydrogens (tertiary/aromatic N) is 1. The summed E-state index contributed by atoms with van der Waals surface area (Å²) in [6.45, 7) is 7.46. The van der Waals surface area contributed by atoms with Crippen LogP contribution in [0.25, 0.3) is 0 Å². The monoisotopic (exact) mass is 181 g/mol. The van der Waals surface area contributed by atoms with Crippen molar-refractivity contribution in [2.75, 3.05) is 0 Å². The van der Waals surface area contributed by atoms with Gasteiger partial charge >= 0.3 is 0 Å². The summed E-state index contributed by atoms with van der Waals surface area (Å²) in [5.74, 6) is -0.395. The second kappa shape index (κ2) is 2.86. The van der Waals surface area contributed by atoms with E-state index in [0.29, 0.717) is 0 Å². The highest BCUT2D eigenvalue weighted by molar-refractivity contribution is 6.30. The van der Waals surface area contributed by atoms with Crippen LogP contribution in [0, 0.1) is 5.92 Å². The zero-order valence-corrected chi connectivity index (χ0v) is 8.92. The molecule has 0 N–H and O–H groups in total. The average molecular weight is 181 g/mol. The van der Waals surface area contributed by atoms with Gasteiger partial charge in [-0.2, -0.15) is 0 Å². The van der Waals surface area contributed by atoms with Gasteiger partial charge in [0.2, 0.25) is 11.8 Å². The number of hydrogen-bond acceptors (Lipinski definition) is 2. The highest BCUT2D eigenvalue weighted by atomic mass is 16.2. The van der Waals surface area contributed by atoms with Gasteiger partial charge in [0.15, 0.2) is 0 Å². The van der Waals surface area contributed by atoms with E-state index in [-0.39, 0.29) is 29.1 Å². The number of amides is 2. The number of imide groups is 1. The quantitative estimate of drug-likeness (QED) is 0.395. The highest BCUT2D eigenvalue weighted by Crippen LogP contribution is 2.33. The first-order valence-electron chi connectivity index (χ1n) is 4.64. The van der Waals surface area contributed by atoms with E-state index in [4.69, 9.17) is 0 Å². The van der Waals surface area contributed by atoms with Gasteiger partial charge < -0.3 is 0 Å². The first-order valence-corrected chi connectivity index (χ1v) is 4.64. The van der Waals surface area contributed by atoms with E-state index in [9.17, 15) is 9.59 Å². The fraction of sp³-hybridized carbons (Fsp3) is 0.778. The molecule has 0 aromatic heterocycles. The van der Waals surface area contributed by atoms with Crippen LogP contribution >= 0.6 is 0 Å². The number of hydrogen-bond donors (Lipinski definition) is 0. The summed E-state index contributed by atoms with van der Waals surface area (Å²) in [5, 5.41) is 0. The summed E-state index contributed by atoms with van der Waals surface area (Å²) in [7, 11) is 1.82. The van der Waals surface area contributed by atoms with Crippen molar-refractivity contribution in [2.45, 2.75) is 39.1 Å². The van der Waals surface area contributed by atoms with Crippen molar-refractivity contribution in [3.63, 3.8) is 0 Å². The molecule has 0 aromatic carbocycles. The van der Waals surface area contributed by atoms with Crippen LogP contribution in [0.1, 0.15) is 27.7 Å². The Balaban J connectivity index is 3.02. The summed E-state index contributed by atoms with van der Waals surface area (Å²) >= 11 is 0. The van der Waals surface area contributed by atoms with Gasteiger partial charge in [-0.15, -0.1) is 0 Å². The predicted octanol–water partition coefficient (Wildman–Crippen LogP) is 0.211. The first kappa shape index (κ1) is 10.3. The fourth-order valence-corrected chi connectivity index (χ4v) is 1.60. The zero-order valence-electron chi connectivity index (χ0n) is 8.92. The molecule has 1 aliphatic rings. The molecule has 0 spiro atoms. The molecule has 13 heavy (non-hydrogen) atoms. The summed E-state index contributed by atoms with van der Waals surface area (Å²) in [5.41, 5.74) is -0.382. The molecule has 2 unspecified atom stereocenters. The van der Waals surface area contributed by atoms with Gasteiger partial charge in [0.1, 0.15) is 7.85 Å². The van der Waals surface area contributed by atoms with E-state index in [1.165, 1.54) is 4.90 Å². The van der Waals surface area contributed by atoms with Crippen LogP contribution in [-0.2, 0) is 9.59 Å². The Kier molecular flexibility index (Phi) is 2.26. The minimum Gasteiger partial charge on any atom is -0.277 e. The zero-order chi connectivity index (χ0) is 10.4. The molecule has 0 saturated carbocycles. The molecule has 0 bridgehead atoms. The second-order valence-electron chi connectivity index (χ2n) is 4.76. The molecule has 3 nitrogen and oxygen atoms in total.